The van der Waals surface area contributed by atoms with Crippen molar-refractivity contribution in [1.82, 2.24) is 9.55 Å². The van der Waals surface area contributed by atoms with E-state index in [-0.39, 0.29) is 5.56 Å². The fourth-order valence-corrected chi connectivity index (χ4v) is 3.21. The minimum atomic E-state index is -1.09. The summed E-state index contributed by atoms with van der Waals surface area (Å²) >= 11 is 5.21. The molecule has 2 nitrogen and oxygen atoms in total. The first-order chi connectivity index (χ1) is 9.52. The van der Waals surface area contributed by atoms with Crippen LogP contribution in [0.5, 0.6) is 0 Å². The molecule has 6 heteroatoms. The molecule has 3 rings (SSSR count). The summed E-state index contributed by atoms with van der Waals surface area (Å²) in [5.41, 5.74) is 1.77. The second kappa shape index (κ2) is 4.77. The standard InChI is InChI=1S/C14H13F3N2S/c1-2-10-11-5-7(6-19(11)14(20)18-10)12-8(15)3-4-9(16)13(12)17/h3-4,7H,2,5-6H2,1H3,(H,18,20)/t7-/m0/s1. The van der Waals surface area contributed by atoms with Gasteiger partial charge >= 0.3 is 0 Å². The maximum Gasteiger partial charge on any atom is 0.177 e. The maximum absolute atomic E-state index is 13.9. The van der Waals surface area contributed by atoms with E-state index < -0.39 is 23.4 Å². The third-order valence-electron chi connectivity index (χ3n) is 3.86. The van der Waals surface area contributed by atoms with Crippen molar-refractivity contribution in [2.75, 3.05) is 0 Å². The Morgan fingerprint density at radius 2 is 2.00 bits per heavy atom. The van der Waals surface area contributed by atoms with E-state index in [4.69, 9.17) is 12.2 Å². The number of hydrogen-bond donors (Lipinski definition) is 1. The molecule has 1 aliphatic rings. The highest BCUT2D eigenvalue weighted by Crippen LogP contribution is 2.35. The summed E-state index contributed by atoms with van der Waals surface area (Å²) in [4.78, 5) is 3.09. The number of H-pyrrole nitrogens is 1. The van der Waals surface area contributed by atoms with Gasteiger partial charge in [-0.3, -0.25) is 0 Å². The average molecular weight is 298 g/mol. The molecule has 1 atom stereocenters. The van der Waals surface area contributed by atoms with E-state index in [9.17, 15) is 13.2 Å². The lowest BCUT2D eigenvalue weighted by molar-refractivity contribution is 0.459. The van der Waals surface area contributed by atoms with Gasteiger partial charge in [-0.1, -0.05) is 6.92 Å². The SMILES string of the molecule is CCc1[nH]c(=S)n2c1C[C@H](c1c(F)ccc(F)c1F)C2. The van der Waals surface area contributed by atoms with Gasteiger partial charge in [-0.2, -0.15) is 0 Å². The summed E-state index contributed by atoms with van der Waals surface area (Å²) in [6, 6.07) is 1.79. The highest BCUT2D eigenvalue weighted by Gasteiger charge is 2.31. The Hall–Kier alpha value is -1.56. The normalized spacial score (nSPS) is 17.5. The Morgan fingerprint density at radius 1 is 1.30 bits per heavy atom. The molecule has 1 aromatic carbocycles. The zero-order valence-electron chi connectivity index (χ0n) is 10.8. The Bertz CT molecular complexity index is 733. The molecule has 106 valence electrons. The molecule has 20 heavy (non-hydrogen) atoms. The van der Waals surface area contributed by atoms with Crippen LogP contribution in [-0.2, 0) is 19.4 Å². The first-order valence-corrected chi connectivity index (χ1v) is 6.87. The number of aromatic nitrogens is 2. The molecule has 0 unspecified atom stereocenters. The van der Waals surface area contributed by atoms with Gasteiger partial charge in [0.2, 0.25) is 0 Å². The summed E-state index contributed by atoms with van der Waals surface area (Å²) in [6.45, 7) is 2.36. The number of imidazole rings is 1. The molecule has 0 fully saturated rings. The summed E-state index contributed by atoms with van der Waals surface area (Å²) in [5.74, 6) is -3.22. The number of rotatable bonds is 2. The Labute approximate surface area is 119 Å². The average Bonchev–Trinajstić information content (AvgIpc) is 2.96. The van der Waals surface area contributed by atoms with Crippen molar-refractivity contribution < 1.29 is 13.2 Å². The Kier molecular flexibility index (Phi) is 3.20. The highest BCUT2D eigenvalue weighted by atomic mass is 32.1. The summed E-state index contributed by atoms with van der Waals surface area (Å²) in [5, 5.41) is 0. The van der Waals surface area contributed by atoms with Crippen molar-refractivity contribution in [1.29, 1.82) is 0 Å². The van der Waals surface area contributed by atoms with Crippen LogP contribution in [0.15, 0.2) is 12.1 Å². The van der Waals surface area contributed by atoms with Gasteiger partial charge in [-0.05, 0) is 37.2 Å². The number of halogens is 3. The van der Waals surface area contributed by atoms with Crippen LogP contribution < -0.4 is 0 Å². The predicted molar refractivity (Wildman–Crippen MR) is 71.8 cm³/mol. The number of nitrogens with zero attached hydrogens (tertiary/aromatic N) is 1. The number of nitrogens with one attached hydrogen (secondary N) is 1. The second-order valence-electron chi connectivity index (χ2n) is 4.98. The number of benzene rings is 1. The van der Waals surface area contributed by atoms with Gasteiger partial charge in [0, 0.05) is 29.4 Å². The molecule has 0 bridgehead atoms. The van der Waals surface area contributed by atoms with Crippen LogP contribution >= 0.6 is 12.2 Å². The van der Waals surface area contributed by atoms with Crippen LogP contribution in [0.1, 0.15) is 29.8 Å². The minimum absolute atomic E-state index is 0.176. The first-order valence-electron chi connectivity index (χ1n) is 6.46. The molecule has 0 spiro atoms. The van der Waals surface area contributed by atoms with Gasteiger partial charge in [-0.25, -0.2) is 13.2 Å². The Morgan fingerprint density at radius 3 is 2.70 bits per heavy atom. The van der Waals surface area contributed by atoms with E-state index in [1.165, 1.54) is 0 Å². The van der Waals surface area contributed by atoms with E-state index in [1.54, 1.807) is 0 Å². The third-order valence-corrected chi connectivity index (χ3v) is 4.18. The second-order valence-corrected chi connectivity index (χ2v) is 5.36. The van der Waals surface area contributed by atoms with E-state index in [1.807, 2.05) is 11.5 Å². The van der Waals surface area contributed by atoms with Crippen molar-refractivity contribution >= 4 is 12.2 Å². The van der Waals surface area contributed by atoms with Crippen LogP contribution in [-0.4, -0.2) is 9.55 Å². The molecule has 1 aliphatic heterocycles. The van der Waals surface area contributed by atoms with Crippen molar-refractivity contribution in [3.63, 3.8) is 0 Å². The van der Waals surface area contributed by atoms with Crippen molar-refractivity contribution in [2.45, 2.75) is 32.2 Å². The fourth-order valence-electron chi connectivity index (χ4n) is 2.90. The lowest BCUT2D eigenvalue weighted by atomic mass is 9.95. The number of hydrogen-bond acceptors (Lipinski definition) is 1. The molecule has 2 heterocycles. The van der Waals surface area contributed by atoms with Crippen molar-refractivity contribution in [2.24, 2.45) is 0 Å². The van der Waals surface area contributed by atoms with Gasteiger partial charge < -0.3 is 9.55 Å². The van der Waals surface area contributed by atoms with Crippen molar-refractivity contribution in [3.8, 4) is 0 Å². The molecule has 0 aliphatic carbocycles. The molecule has 0 radical (unpaired) electrons. The third kappa shape index (κ3) is 1.90. The zero-order chi connectivity index (χ0) is 14.4. The number of aromatic amines is 1. The Balaban J connectivity index is 2.05. The van der Waals surface area contributed by atoms with Crippen LogP contribution in [0, 0.1) is 22.2 Å². The predicted octanol–water partition coefficient (Wildman–Crippen LogP) is 3.87. The van der Waals surface area contributed by atoms with Gasteiger partial charge in [0.1, 0.15) is 5.82 Å². The summed E-state index contributed by atoms with van der Waals surface area (Å²) < 4.78 is 43.4. The number of fused-ring (bicyclic) bond motifs is 1. The topological polar surface area (TPSA) is 20.7 Å². The molecule has 0 amide bonds. The van der Waals surface area contributed by atoms with Gasteiger partial charge in [0.25, 0.3) is 0 Å². The van der Waals surface area contributed by atoms with Crippen LogP contribution in [0.25, 0.3) is 0 Å². The monoisotopic (exact) mass is 298 g/mol. The quantitative estimate of drug-likeness (QED) is 0.659. The highest BCUT2D eigenvalue weighted by molar-refractivity contribution is 7.71. The van der Waals surface area contributed by atoms with E-state index in [0.29, 0.717) is 17.7 Å². The van der Waals surface area contributed by atoms with E-state index in [2.05, 4.69) is 4.98 Å². The molecule has 1 N–H and O–H groups in total. The largest absolute Gasteiger partial charge is 0.334 e. The van der Waals surface area contributed by atoms with E-state index in [0.717, 1.165) is 29.9 Å². The lowest BCUT2D eigenvalue weighted by Gasteiger charge is -2.12. The molecule has 1 aromatic heterocycles. The molecular weight excluding hydrogens is 285 g/mol. The van der Waals surface area contributed by atoms with Crippen LogP contribution in [0.3, 0.4) is 0 Å². The minimum Gasteiger partial charge on any atom is -0.334 e. The smallest absolute Gasteiger partial charge is 0.177 e. The molecular formula is C14H13F3N2S. The lowest BCUT2D eigenvalue weighted by Crippen LogP contribution is -2.08. The van der Waals surface area contributed by atoms with Gasteiger partial charge in [0.05, 0.1) is 0 Å². The maximum atomic E-state index is 13.9. The van der Waals surface area contributed by atoms with E-state index >= 15 is 0 Å². The van der Waals surface area contributed by atoms with Crippen molar-refractivity contribution in [3.05, 3.63) is 51.3 Å². The van der Waals surface area contributed by atoms with Crippen LogP contribution in [0.2, 0.25) is 0 Å². The molecule has 0 saturated carbocycles. The zero-order valence-corrected chi connectivity index (χ0v) is 11.7. The summed E-state index contributed by atoms with van der Waals surface area (Å²) in [7, 11) is 0. The number of aryl methyl sites for hydroxylation is 1. The van der Waals surface area contributed by atoms with Gasteiger partial charge in [-0.15, -0.1) is 0 Å². The summed E-state index contributed by atoms with van der Waals surface area (Å²) in [6.07, 6.45) is 1.24. The first kappa shape index (κ1) is 13.4. The molecule has 0 saturated heterocycles. The van der Waals surface area contributed by atoms with Gasteiger partial charge in [0.15, 0.2) is 16.4 Å². The fraction of sp³-hybridized carbons (Fsp3) is 0.357. The molecule has 2 aromatic rings. The van der Waals surface area contributed by atoms with Crippen LogP contribution in [0.4, 0.5) is 13.2 Å².